The zero-order valence-corrected chi connectivity index (χ0v) is 49.3. The average molecular weight is 1200 g/mol. The van der Waals surface area contributed by atoms with Gasteiger partial charge in [-0.2, -0.15) is 0 Å². The van der Waals surface area contributed by atoms with E-state index in [1.807, 2.05) is 12.3 Å². The molecule has 5 heterocycles. The second kappa shape index (κ2) is 19.7. The van der Waals surface area contributed by atoms with Crippen LogP contribution in [-0.2, 0) is 5.41 Å². The van der Waals surface area contributed by atoms with Crippen LogP contribution in [-0.4, -0.2) is 43.1 Å². The quantitative estimate of drug-likeness (QED) is 0.0820. The summed E-state index contributed by atoms with van der Waals surface area (Å²) in [6, 6.07) is 93.2. The first kappa shape index (κ1) is 49.5. The molecule has 0 saturated carbocycles. The van der Waals surface area contributed by atoms with Gasteiger partial charge in [-0.15, -0.1) is 0 Å². The van der Waals surface area contributed by atoms with E-state index < -0.39 is 0 Å². The van der Waals surface area contributed by atoms with E-state index in [0.717, 1.165) is 67.3 Å². The van der Waals surface area contributed by atoms with E-state index in [-0.39, 0.29) is 34.4 Å². The van der Waals surface area contributed by atoms with Gasteiger partial charge in [-0.05, 0) is 47.4 Å². The van der Waals surface area contributed by atoms with Crippen molar-refractivity contribution in [2.75, 3.05) is 0 Å². The molecular weight excluding hydrogens is 1140 g/mol. The summed E-state index contributed by atoms with van der Waals surface area (Å²) in [6.45, 7) is 6.73. The van der Waals surface area contributed by atoms with Crippen LogP contribution in [0.1, 0.15) is 26.3 Å². The molecule has 5 nitrogen and oxygen atoms in total. The maximum absolute atomic E-state index is 6.89. The van der Waals surface area contributed by atoms with Crippen LogP contribution in [0.25, 0.3) is 133 Å². The Balaban J connectivity index is 0.852. The molecule has 0 spiro atoms. The summed E-state index contributed by atoms with van der Waals surface area (Å²) >= 11 is 0.422. The topological polar surface area (TPSA) is 35.9 Å². The zero-order valence-electron chi connectivity index (χ0n) is 45.8. The fourth-order valence-electron chi connectivity index (χ4n) is 12.3. The molecule has 83 heavy (non-hydrogen) atoms. The minimum absolute atomic E-state index is 0.0303. The average Bonchev–Trinajstić information content (AvgIpc) is 3.60. The van der Waals surface area contributed by atoms with Gasteiger partial charge < -0.3 is 4.74 Å². The van der Waals surface area contributed by atoms with E-state index in [2.05, 4.69) is 290 Å². The minimum Gasteiger partial charge on any atom is -0.0149 e. The van der Waals surface area contributed by atoms with Gasteiger partial charge in [0.05, 0.1) is 11.0 Å². The van der Waals surface area contributed by atoms with Crippen molar-refractivity contribution in [3.05, 3.63) is 273 Å². The van der Waals surface area contributed by atoms with E-state index in [1.54, 1.807) is 0 Å². The Labute approximate surface area is 492 Å². The number of hydrogen-bond donors (Lipinski definition) is 0. The summed E-state index contributed by atoms with van der Waals surface area (Å²) in [4.78, 5) is 4.93. The first-order chi connectivity index (χ1) is 40.7. The van der Waals surface area contributed by atoms with E-state index in [9.17, 15) is 0 Å². The molecule has 0 atom stereocenters. The van der Waals surface area contributed by atoms with Gasteiger partial charge in [0.2, 0.25) is 0 Å². The molecule has 394 valence electrons. The molecule has 0 amide bonds. The molecule has 16 rings (SSSR count). The number of pyridine rings is 1. The molecule has 0 unspecified atom stereocenters. The minimum atomic E-state index is -0.0303. The number of aromatic nitrogens is 4. The van der Waals surface area contributed by atoms with Gasteiger partial charge in [-0.25, -0.2) is 4.98 Å². The molecule has 7 heteroatoms. The van der Waals surface area contributed by atoms with E-state index in [0.29, 0.717) is 0 Å². The van der Waals surface area contributed by atoms with Crippen molar-refractivity contribution in [3.8, 4) is 73.2 Å². The van der Waals surface area contributed by atoms with E-state index in [1.165, 1.54) is 82.9 Å². The third kappa shape index (κ3) is 8.58. The Morgan fingerprint density at radius 3 is 1.57 bits per heavy atom. The van der Waals surface area contributed by atoms with Crippen LogP contribution in [0, 0.1) is 6.33 Å². The van der Waals surface area contributed by atoms with Gasteiger partial charge in [-0.1, -0.05) is 39.0 Å². The summed E-state index contributed by atoms with van der Waals surface area (Å²) in [5.74, 6) is 2.35. The number of rotatable bonds is 9. The Morgan fingerprint density at radius 1 is 0.410 bits per heavy atom. The molecule has 0 aliphatic heterocycles. The Morgan fingerprint density at radius 2 is 0.940 bits per heavy atom. The number of ether oxygens (including phenoxy) is 1. The molecule has 16 aromatic rings. The molecule has 0 radical (unpaired) electrons. The molecule has 0 aliphatic carbocycles. The van der Waals surface area contributed by atoms with Crippen LogP contribution in [0.2, 0.25) is 0 Å². The van der Waals surface area contributed by atoms with Crippen LogP contribution >= 0.6 is 0 Å². The summed E-state index contributed by atoms with van der Waals surface area (Å²) in [6.07, 6.45) is 5.90. The van der Waals surface area contributed by atoms with E-state index >= 15 is 0 Å². The molecule has 11 aromatic carbocycles. The Bertz CT molecular complexity index is 5060. The molecule has 0 bridgehead atoms. The SMILES string of the molecule is CC(C)(C)c1ccnc(-n2c3ccccc3c3ccc(Oc4cccc(-n5[c-][n+](-c6c(-c7ccc8[se]c9ccc(-c%10ccccc%10)cc9c8c7)cccc6-c6ccc7[se]c8ccc(-c9ccccc9)cc8c7c6)c6ccccc65)c4)cc32)c1. The van der Waals surface area contributed by atoms with Crippen molar-refractivity contribution in [3.63, 3.8) is 0 Å². The molecule has 0 N–H and O–H groups in total. The van der Waals surface area contributed by atoms with Crippen molar-refractivity contribution in [1.29, 1.82) is 0 Å². The van der Waals surface area contributed by atoms with Crippen LogP contribution in [0.5, 0.6) is 11.5 Å². The van der Waals surface area contributed by atoms with E-state index in [4.69, 9.17) is 9.72 Å². The van der Waals surface area contributed by atoms with Crippen molar-refractivity contribution in [1.82, 2.24) is 14.1 Å². The smallest absolute Gasteiger partial charge is 0.0149 e. The predicted molar refractivity (Wildman–Crippen MR) is 347 cm³/mol. The first-order valence-corrected chi connectivity index (χ1v) is 31.6. The van der Waals surface area contributed by atoms with Gasteiger partial charge >= 0.3 is 350 Å². The van der Waals surface area contributed by atoms with Crippen LogP contribution in [0.3, 0.4) is 0 Å². The second-order valence-corrected chi connectivity index (χ2v) is 27.1. The van der Waals surface area contributed by atoms with Gasteiger partial charge in [0.1, 0.15) is 11.6 Å². The molecule has 0 aliphatic rings. The van der Waals surface area contributed by atoms with Crippen LogP contribution in [0.15, 0.2) is 261 Å². The zero-order chi connectivity index (χ0) is 55.3. The number of para-hydroxylation sites is 4. The largest absolute Gasteiger partial charge is 0.0592 e. The standard InChI is InChI=1S/C76H52N4OSe2/c1-76(2,3)54-38-39-77-74(44-54)80-66-25-11-10-22-60(66)61-33-32-57(46-69(61)80)81-56-21-14-20-55(45-56)78-47-79(68-27-13-12-26-67(68)78)75-58(52-30-36-72-64(42-52)62-40-50(28-34-70(62)82-72)48-16-6-4-7-17-48)23-15-24-59(75)53-31-37-73-65(43-53)63-41-51(29-35-71(63)83-73)49-18-8-5-9-19-49/h4-46H,1-3H3. The molecular formula is C76H52N4OSe2. The maximum Gasteiger partial charge on any atom is 0.0592 e. The molecule has 5 aromatic heterocycles. The summed E-state index contributed by atoms with van der Waals surface area (Å²) in [5, 5.41) is 7.62. The number of benzene rings is 11. The van der Waals surface area contributed by atoms with Gasteiger partial charge in [0, 0.05) is 23.0 Å². The monoisotopic (exact) mass is 1200 g/mol. The number of fused-ring (bicyclic) bond motifs is 10. The normalized spacial score (nSPS) is 12.0. The number of imidazole rings is 1. The Hall–Kier alpha value is -9.32. The van der Waals surface area contributed by atoms with Gasteiger partial charge in [0.25, 0.3) is 0 Å². The van der Waals surface area contributed by atoms with Crippen molar-refractivity contribution in [2.45, 2.75) is 26.2 Å². The Kier molecular flexibility index (Phi) is 11.7. The third-order valence-corrected chi connectivity index (χ3v) is 21.2. The van der Waals surface area contributed by atoms with Crippen molar-refractivity contribution < 1.29 is 9.30 Å². The van der Waals surface area contributed by atoms with Crippen LogP contribution < -0.4 is 9.30 Å². The van der Waals surface area contributed by atoms with Gasteiger partial charge in [0.15, 0.2) is 0 Å². The van der Waals surface area contributed by atoms with Crippen LogP contribution in [0.4, 0.5) is 0 Å². The van der Waals surface area contributed by atoms with Gasteiger partial charge in [-0.3, -0.25) is 4.57 Å². The van der Waals surface area contributed by atoms with Crippen molar-refractivity contribution >= 4 is 100 Å². The summed E-state index contributed by atoms with van der Waals surface area (Å²) in [7, 11) is 0. The molecule has 0 fully saturated rings. The second-order valence-electron chi connectivity index (χ2n) is 22.5. The number of nitrogens with zero attached hydrogens (tertiary/aromatic N) is 4. The number of hydrogen-bond acceptors (Lipinski definition) is 2. The molecule has 0 saturated heterocycles. The maximum atomic E-state index is 6.89. The van der Waals surface area contributed by atoms with Crippen molar-refractivity contribution in [2.24, 2.45) is 0 Å². The summed E-state index contributed by atoms with van der Waals surface area (Å²) < 4.78 is 19.3. The predicted octanol–water partition coefficient (Wildman–Crippen LogP) is 18.7. The summed E-state index contributed by atoms with van der Waals surface area (Å²) in [5.41, 5.74) is 17.0. The fraction of sp³-hybridized carbons (Fsp3) is 0.0526. The fourth-order valence-corrected chi connectivity index (χ4v) is 16.7. The third-order valence-electron chi connectivity index (χ3n) is 16.4. The first-order valence-electron chi connectivity index (χ1n) is 28.1.